The van der Waals surface area contributed by atoms with E-state index in [2.05, 4.69) is 21.7 Å². The molecule has 0 spiro atoms. The quantitative estimate of drug-likeness (QED) is 0.538. The van der Waals surface area contributed by atoms with Gasteiger partial charge in [-0.05, 0) is 63.1 Å². The van der Waals surface area contributed by atoms with Gasteiger partial charge in [0.1, 0.15) is 11.6 Å². The minimum Gasteiger partial charge on any atom is -0.333 e. The molecule has 0 amide bonds. The Morgan fingerprint density at radius 1 is 1.12 bits per heavy atom. The smallest absolute Gasteiger partial charge is 0.333 e. The van der Waals surface area contributed by atoms with E-state index < -0.39 is 17.6 Å². The first-order valence-corrected chi connectivity index (χ1v) is 10.2. The van der Waals surface area contributed by atoms with E-state index in [1.807, 2.05) is 6.20 Å². The van der Waals surface area contributed by atoms with Gasteiger partial charge < -0.3 is 14.8 Å². The Kier molecular flexibility index (Phi) is 10.8. The fraction of sp³-hybridized carbons (Fsp3) is 0.571. The summed E-state index contributed by atoms with van der Waals surface area (Å²) in [6, 6.07) is 3.12. The van der Waals surface area contributed by atoms with Gasteiger partial charge in [0.15, 0.2) is 0 Å². The maximum atomic E-state index is 13.7. The van der Waals surface area contributed by atoms with Gasteiger partial charge in [-0.3, -0.25) is 0 Å². The molecule has 4 rings (SSSR count). The number of halogens is 7. The van der Waals surface area contributed by atoms with Gasteiger partial charge in [-0.25, -0.2) is 9.37 Å². The predicted octanol–water partition coefficient (Wildman–Crippen LogP) is 5.39. The fourth-order valence-electron chi connectivity index (χ4n) is 4.20. The van der Waals surface area contributed by atoms with Crippen LogP contribution in [0.25, 0.3) is 11.3 Å². The maximum absolute atomic E-state index is 13.7. The third kappa shape index (κ3) is 6.29. The molecule has 1 N–H and O–H groups in total. The summed E-state index contributed by atoms with van der Waals surface area (Å²) in [5, 5.41) is 3.38. The molecule has 1 aromatic carbocycles. The first kappa shape index (κ1) is 29.0. The number of aromatic nitrogens is 2. The second-order valence-corrected chi connectivity index (χ2v) is 8.14. The van der Waals surface area contributed by atoms with Crippen molar-refractivity contribution in [2.24, 2.45) is 5.92 Å². The van der Waals surface area contributed by atoms with Gasteiger partial charge in [0.25, 0.3) is 0 Å². The summed E-state index contributed by atoms with van der Waals surface area (Å²) in [6.45, 7) is 7.81. The van der Waals surface area contributed by atoms with Crippen LogP contribution >= 0.6 is 37.2 Å². The van der Waals surface area contributed by atoms with E-state index in [4.69, 9.17) is 4.98 Å². The van der Waals surface area contributed by atoms with Crippen LogP contribution in [0.15, 0.2) is 24.4 Å². The van der Waals surface area contributed by atoms with Crippen LogP contribution in [0.2, 0.25) is 0 Å². The molecule has 2 aliphatic rings. The zero-order chi connectivity index (χ0) is 20.6. The monoisotopic (exact) mass is 518 g/mol. The molecule has 11 heteroatoms. The predicted molar refractivity (Wildman–Crippen MR) is 125 cm³/mol. The van der Waals surface area contributed by atoms with E-state index in [1.54, 1.807) is 0 Å². The van der Waals surface area contributed by atoms with Crippen molar-refractivity contribution in [1.29, 1.82) is 0 Å². The number of nitrogens with zero attached hydrogens (tertiary/aromatic N) is 3. The Balaban J connectivity index is 0.00000171. The minimum absolute atomic E-state index is 0. The van der Waals surface area contributed by atoms with Crippen molar-refractivity contribution in [1.82, 2.24) is 19.8 Å². The number of hydrogen-bond acceptors (Lipinski definition) is 3. The van der Waals surface area contributed by atoms with Gasteiger partial charge in [-0.15, -0.1) is 37.2 Å². The van der Waals surface area contributed by atoms with Crippen LogP contribution in [-0.4, -0.2) is 47.2 Å². The minimum atomic E-state index is -4.73. The molecule has 0 saturated carbocycles. The van der Waals surface area contributed by atoms with E-state index in [-0.39, 0.29) is 43.1 Å². The summed E-state index contributed by atoms with van der Waals surface area (Å²) >= 11 is 0. The molecule has 2 atom stereocenters. The third-order valence-electron chi connectivity index (χ3n) is 6.10. The van der Waals surface area contributed by atoms with Gasteiger partial charge in [-0.2, -0.15) is 13.2 Å². The molecule has 2 saturated heterocycles. The van der Waals surface area contributed by atoms with E-state index >= 15 is 0 Å². The highest BCUT2D eigenvalue weighted by atomic mass is 35.5. The standard InChI is InChI=1S/C21H26F4N4.3ClH/c1-14-12-26-6-5-16(14)20-27-19(13-29(20)10-9-28-7-2-8-28)15-3-4-18(22)17(11-15)21(23,24)25;;;/h3-4,11,13-14,16,26H,2,5-10,12H2,1H3;3*1H. The zero-order valence-corrected chi connectivity index (χ0v) is 20.1. The van der Waals surface area contributed by atoms with E-state index in [0.717, 1.165) is 63.6 Å². The highest BCUT2D eigenvalue weighted by molar-refractivity contribution is 5.86. The maximum Gasteiger partial charge on any atom is 0.419 e. The zero-order valence-electron chi connectivity index (χ0n) is 17.7. The lowest BCUT2D eigenvalue weighted by Crippen LogP contribution is -2.39. The van der Waals surface area contributed by atoms with Crippen molar-refractivity contribution in [3.63, 3.8) is 0 Å². The molecule has 0 radical (unpaired) electrons. The van der Waals surface area contributed by atoms with Crippen LogP contribution in [0.4, 0.5) is 17.6 Å². The van der Waals surface area contributed by atoms with Gasteiger partial charge in [0.2, 0.25) is 0 Å². The molecular weight excluding hydrogens is 491 g/mol. The molecule has 2 aromatic rings. The number of likely N-dealkylation sites (tertiary alicyclic amines) is 1. The molecule has 0 bridgehead atoms. The lowest BCUT2D eigenvalue weighted by molar-refractivity contribution is -0.139. The average molecular weight is 520 g/mol. The number of piperidine rings is 1. The molecule has 4 nitrogen and oxygen atoms in total. The van der Waals surface area contributed by atoms with Crippen molar-refractivity contribution in [3.05, 3.63) is 41.6 Å². The van der Waals surface area contributed by atoms with Crippen LogP contribution < -0.4 is 5.32 Å². The average Bonchev–Trinajstić information content (AvgIpc) is 3.04. The summed E-state index contributed by atoms with van der Waals surface area (Å²) in [4.78, 5) is 7.11. The van der Waals surface area contributed by atoms with Crippen LogP contribution in [0.1, 0.15) is 37.1 Å². The highest BCUT2D eigenvalue weighted by Gasteiger charge is 2.35. The number of rotatable bonds is 5. The Hall–Kier alpha value is -1.06. The molecule has 0 aliphatic carbocycles. The summed E-state index contributed by atoms with van der Waals surface area (Å²) in [6.07, 6.45) is -0.745. The molecule has 2 fully saturated rings. The third-order valence-corrected chi connectivity index (χ3v) is 6.10. The SMILES string of the molecule is CC1CNCCC1c1nc(-c2ccc(F)c(C(F)(F)F)c2)cn1CCN1CCC1.Cl.Cl.Cl. The molecule has 1 aromatic heterocycles. The van der Waals surface area contributed by atoms with E-state index in [9.17, 15) is 17.6 Å². The van der Waals surface area contributed by atoms with Crippen molar-refractivity contribution in [2.75, 3.05) is 32.7 Å². The van der Waals surface area contributed by atoms with Gasteiger partial charge in [-0.1, -0.05) is 6.92 Å². The van der Waals surface area contributed by atoms with E-state index in [0.29, 0.717) is 17.2 Å². The Labute approximate surface area is 204 Å². The van der Waals surface area contributed by atoms with Crippen molar-refractivity contribution >= 4 is 37.2 Å². The summed E-state index contributed by atoms with van der Waals surface area (Å²) in [5.74, 6) is 0.308. The van der Waals surface area contributed by atoms with Crippen molar-refractivity contribution in [2.45, 2.75) is 38.4 Å². The number of nitrogens with one attached hydrogen (secondary N) is 1. The Bertz CT molecular complexity index is 871. The van der Waals surface area contributed by atoms with Gasteiger partial charge in [0, 0.05) is 30.8 Å². The topological polar surface area (TPSA) is 33.1 Å². The summed E-state index contributed by atoms with van der Waals surface area (Å²) in [5.41, 5.74) is -0.481. The largest absolute Gasteiger partial charge is 0.419 e. The molecule has 2 aliphatic heterocycles. The van der Waals surface area contributed by atoms with Crippen LogP contribution in [0.5, 0.6) is 0 Å². The molecule has 32 heavy (non-hydrogen) atoms. The van der Waals surface area contributed by atoms with Crippen LogP contribution in [0.3, 0.4) is 0 Å². The van der Waals surface area contributed by atoms with Crippen molar-refractivity contribution < 1.29 is 17.6 Å². The second kappa shape index (κ2) is 11.9. The lowest BCUT2D eigenvalue weighted by atomic mass is 9.87. The number of alkyl halides is 3. The number of benzene rings is 1. The van der Waals surface area contributed by atoms with Crippen LogP contribution in [-0.2, 0) is 12.7 Å². The Morgan fingerprint density at radius 2 is 1.84 bits per heavy atom. The molecule has 2 unspecified atom stereocenters. The lowest BCUT2D eigenvalue weighted by Gasteiger charge is -2.32. The summed E-state index contributed by atoms with van der Waals surface area (Å²) < 4.78 is 55.2. The number of imidazole rings is 1. The molecule has 3 heterocycles. The van der Waals surface area contributed by atoms with Crippen LogP contribution in [0, 0.1) is 11.7 Å². The fourth-order valence-corrected chi connectivity index (χ4v) is 4.20. The summed E-state index contributed by atoms with van der Waals surface area (Å²) in [7, 11) is 0. The molecular formula is C21H29Cl3F4N4. The highest BCUT2D eigenvalue weighted by Crippen LogP contribution is 2.36. The second-order valence-electron chi connectivity index (χ2n) is 8.14. The number of hydrogen-bond donors (Lipinski definition) is 1. The Morgan fingerprint density at radius 3 is 2.44 bits per heavy atom. The van der Waals surface area contributed by atoms with E-state index in [1.165, 1.54) is 12.5 Å². The first-order chi connectivity index (χ1) is 13.8. The van der Waals surface area contributed by atoms with Gasteiger partial charge in [0.05, 0.1) is 11.3 Å². The van der Waals surface area contributed by atoms with Gasteiger partial charge >= 0.3 is 6.18 Å². The first-order valence-electron chi connectivity index (χ1n) is 10.2. The molecule has 182 valence electrons. The van der Waals surface area contributed by atoms with Crippen molar-refractivity contribution in [3.8, 4) is 11.3 Å². The normalized spacial score (nSPS) is 21.0.